The van der Waals surface area contributed by atoms with E-state index >= 15 is 0 Å². The van der Waals surface area contributed by atoms with Gasteiger partial charge < -0.3 is 9.64 Å². The Kier molecular flexibility index (Phi) is 8.28. The number of hydrogen-bond acceptors (Lipinski definition) is 2. The van der Waals surface area contributed by atoms with Gasteiger partial charge in [0.2, 0.25) is 0 Å². The van der Waals surface area contributed by atoms with E-state index in [2.05, 4.69) is 60.1 Å². The predicted octanol–water partition coefficient (Wildman–Crippen LogP) is 3.34. The molecule has 0 bridgehead atoms. The molecule has 0 aromatic rings. The average molecular weight is 363 g/mol. The molecule has 1 unspecified atom stereocenters. The lowest BCUT2D eigenvalue weighted by Crippen LogP contribution is -2.39. The van der Waals surface area contributed by atoms with Gasteiger partial charge in [-0.2, -0.15) is 0 Å². The molecule has 2 nitrogen and oxygen atoms in total. The second-order valence-corrected chi connectivity index (χ2v) is 7.32. The van der Waals surface area contributed by atoms with Crippen LogP contribution in [-0.4, -0.2) is 41.2 Å². The maximum atomic E-state index is 5.89. The van der Waals surface area contributed by atoms with E-state index in [1.165, 1.54) is 32.5 Å². The van der Waals surface area contributed by atoms with E-state index in [1.54, 1.807) is 0 Å². The topological polar surface area (TPSA) is 12.5 Å². The summed E-state index contributed by atoms with van der Waals surface area (Å²) in [5.74, 6) is 7.10. The van der Waals surface area contributed by atoms with Gasteiger partial charge in [-0.3, -0.25) is 0 Å². The quantitative estimate of drug-likeness (QED) is 0.322. The minimum atomic E-state index is 0.446. The van der Waals surface area contributed by atoms with Gasteiger partial charge in [-0.1, -0.05) is 48.3 Å². The molecule has 1 aliphatic heterocycles. The third kappa shape index (κ3) is 7.60. The monoisotopic (exact) mass is 363 g/mol. The van der Waals surface area contributed by atoms with Gasteiger partial charge in [-0.15, -0.1) is 0 Å². The highest BCUT2D eigenvalue weighted by atomic mass is 127. The van der Waals surface area contributed by atoms with Crippen LogP contribution in [0.1, 0.15) is 40.0 Å². The van der Waals surface area contributed by atoms with E-state index in [1.807, 2.05) is 0 Å². The Bertz CT molecular complexity index is 272. The fourth-order valence-corrected chi connectivity index (χ4v) is 2.48. The average Bonchev–Trinajstić information content (AvgIpc) is 2.30. The van der Waals surface area contributed by atoms with Crippen molar-refractivity contribution in [1.82, 2.24) is 4.90 Å². The first-order valence-corrected chi connectivity index (χ1v) is 8.29. The molecule has 1 aliphatic rings. The third-order valence-electron chi connectivity index (χ3n) is 3.04. The Balaban J connectivity index is 2.07. The lowest BCUT2D eigenvalue weighted by Gasteiger charge is -2.32. The molecule has 1 saturated heterocycles. The van der Waals surface area contributed by atoms with E-state index in [4.69, 9.17) is 4.74 Å². The number of nitrogens with zero attached hydrogens (tertiary/aromatic N) is 1. The second kappa shape index (κ2) is 9.17. The molecular weight excluding hydrogens is 337 g/mol. The van der Waals surface area contributed by atoms with Gasteiger partial charge >= 0.3 is 0 Å². The molecule has 0 aliphatic carbocycles. The number of rotatable bonds is 5. The van der Waals surface area contributed by atoms with Crippen molar-refractivity contribution in [2.75, 3.05) is 26.2 Å². The van der Waals surface area contributed by atoms with Gasteiger partial charge in [-0.05, 0) is 25.7 Å². The predicted molar refractivity (Wildman–Crippen MR) is 86.1 cm³/mol. The van der Waals surface area contributed by atoms with Crippen LogP contribution in [0.4, 0.5) is 0 Å². The van der Waals surface area contributed by atoms with Gasteiger partial charge in [0, 0.05) is 26.1 Å². The standard InChI is InChI=1S/C15H26INO/c1-13(2)12-17-9-7-15(8-10-17)18-11-5-4-6-14(3)16/h13-15H,5,7-12H2,1-3H3. The Morgan fingerprint density at radius 2 is 1.94 bits per heavy atom. The minimum Gasteiger partial charge on any atom is -0.377 e. The van der Waals surface area contributed by atoms with Crippen molar-refractivity contribution in [3.8, 4) is 11.8 Å². The first-order chi connectivity index (χ1) is 8.58. The first kappa shape index (κ1) is 16.3. The summed E-state index contributed by atoms with van der Waals surface area (Å²) in [4.78, 5) is 2.56. The van der Waals surface area contributed by atoms with Crippen LogP contribution in [0, 0.1) is 17.8 Å². The highest BCUT2D eigenvalue weighted by molar-refractivity contribution is 14.1. The lowest BCUT2D eigenvalue weighted by molar-refractivity contribution is 0.00825. The van der Waals surface area contributed by atoms with Gasteiger partial charge in [0.1, 0.15) is 0 Å². The van der Waals surface area contributed by atoms with E-state index in [0.29, 0.717) is 10.0 Å². The van der Waals surface area contributed by atoms with Crippen LogP contribution in [0.5, 0.6) is 0 Å². The zero-order valence-corrected chi connectivity index (χ0v) is 14.1. The van der Waals surface area contributed by atoms with Crippen LogP contribution in [0.15, 0.2) is 0 Å². The number of piperidine rings is 1. The second-order valence-electron chi connectivity index (χ2n) is 5.45. The molecule has 1 heterocycles. The largest absolute Gasteiger partial charge is 0.377 e. The Morgan fingerprint density at radius 1 is 1.28 bits per heavy atom. The van der Waals surface area contributed by atoms with Crippen LogP contribution in [0.25, 0.3) is 0 Å². The summed E-state index contributed by atoms with van der Waals surface area (Å²) in [6.07, 6.45) is 3.71. The summed E-state index contributed by atoms with van der Waals surface area (Å²) in [6, 6.07) is 0. The molecule has 1 atom stereocenters. The minimum absolute atomic E-state index is 0.446. The maximum absolute atomic E-state index is 5.89. The normalized spacial score (nSPS) is 19.6. The molecule has 3 heteroatoms. The lowest BCUT2D eigenvalue weighted by atomic mass is 10.1. The number of hydrogen-bond donors (Lipinski definition) is 0. The Morgan fingerprint density at radius 3 is 2.50 bits per heavy atom. The molecule has 0 radical (unpaired) electrons. The molecule has 0 aromatic heterocycles. The highest BCUT2D eigenvalue weighted by Gasteiger charge is 2.19. The molecule has 104 valence electrons. The fraction of sp³-hybridized carbons (Fsp3) is 0.867. The molecule has 0 N–H and O–H groups in total. The molecule has 1 fully saturated rings. The van der Waals surface area contributed by atoms with Crippen molar-refractivity contribution in [3.63, 3.8) is 0 Å². The van der Waals surface area contributed by atoms with Crippen LogP contribution in [-0.2, 0) is 4.74 Å². The molecule has 0 aromatic carbocycles. The van der Waals surface area contributed by atoms with Gasteiger partial charge in [0.15, 0.2) is 0 Å². The van der Waals surface area contributed by atoms with Crippen molar-refractivity contribution in [2.45, 2.75) is 50.1 Å². The fourth-order valence-electron chi connectivity index (χ4n) is 2.26. The number of ether oxygens (including phenoxy) is 1. The summed E-state index contributed by atoms with van der Waals surface area (Å²) in [7, 11) is 0. The zero-order valence-electron chi connectivity index (χ0n) is 11.9. The highest BCUT2D eigenvalue weighted by Crippen LogP contribution is 2.15. The van der Waals surface area contributed by atoms with E-state index < -0.39 is 0 Å². The molecular formula is C15H26INO. The summed E-state index contributed by atoms with van der Waals surface area (Å²) in [5.41, 5.74) is 0. The molecule has 1 rings (SSSR count). The summed E-state index contributed by atoms with van der Waals surface area (Å²) >= 11 is 2.33. The Labute approximate surface area is 126 Å². The maximum Gasteiger partial charge on any atom is 0.0690 e. The SMILES string of the molecule is CC(I)C#CCCOC1CCN(CC(C)C)CC1. The van der Waals surface area contributed by atoms with Crippen molar-refractivity contribution >= 4 is 22.6 Å². The number of alkyl halides is 1. The molecule has 18 heavy (non-hydrogen) atoms. The summed E-state index contributed by atoms with van der Waals surface area (Å²) < 4.78 is 6.33. The van der Waals surface area contributed by atoms with Gasteiger partial charge in [-0.25, -0.2) is 0 Å². The van der Waals surface area contributed by atoms with Crippen LogP contribution in [0.2, 0.25) is 0 Å². The number of likely N-dealkylation sites (tertiary alicyclic amines) is 1. The van der Waals surface area contributed by atoms with Crippen LogP contribution < -0.4 is 0 Å². The van der Waals surface area contributed by atoms with E-state index in [-0.39, 0.29) is 0 Å². The van der Waals surface area contributed by atoms with Gasteiger partial charge in [0.25, 0.3) is 0 Å². The molecule has 0 saturated carbocycles. The van der Waals surface area contributed by atoms with Crippen molar-refractivity contribution < 1.29 is 4.74 Å². The van der Waals surface area contributed by atoms with Crippen LogP contribution >= 0.6 is 22.6 Å². The van der Waals surface area contributed by atoms with Crippen LogP contribution in [0.3, 0.4) is 0 Å². The molecule has 0 spiro atoms. The van der Waals surface area contributed by atoms with Crippen molar-refractivity contribution in [1.29, 1.82) is 0 Å². The first-order valence-electron chi connectivity index (χ1n) is 7.04. The van der Waals surface area contributed by atoms with E-state index in [9.17, 15) is 0 Å². The van der Waals surface area contributed by atoms with Gasteiger partial charge in [0.05, 0.1) is 16.6 Å². The number of halogens is 1. The Hall–Kier alpha value is 0.210. The summed E-state index contributed by atoms with van der Waals surface area (Å²) in [6.45, 7) is 11.1. The molecule has 0 amide bonds. The van der Waals surface area contributed by atoms with Crippen molar-refractivity contribution in [3.05, 3.63) is 0 Å². The summed E-state index contributed by atoms with van der Waals surface area (Å²) in [5, 5.41) is 0. The van der Waals surface area contributed by atoms with Crippen molar-refractivity contribution in [2.24, 2.45) is 5.92 Å². The van der Waals surface area contributed by atoms with E-state index in [0.717, 1.165) is 18.9 Å². The third-order valence-corrected chi connectivity index (χ3v) is 3.35. The smallest absolute Gasteiger partial charge is 0.0690 e. The zero-order chi connectivity index (χ0) is 13.4.